The molecule has 0 bridgehead atoms. The van der Waals surface area contributed by atoms with Crippen molar-refractivity contribution in [2.75, 3.05) is 20.3 Å². The van der Waals surface area contributed by atoms with Crippen LogP contribution in [-0.4, -0.2) is 49.4 Å². The normalized spacial score (nSPS) is 37.8. The Morgan fingerprint density at radius 1 is 1.10 bits per heavy atom. The summed E-state index contributed by atoms with van der Waals surface area (Å²) < 4.78 is 26.0. The van der Waals surface area contributed by atoms with E-state index in [-0.39, 0.29) is 49.1 Å². The highest BCUT2D eigenvalue weighted by atomic mass is 16.8. The van der Waals surface area contributed by atoms with E-state index in [1.165, 1.54) is 32.1 Å². The molecule has 0 aromatic heterocycles. The molecule has 0 aromatic rings. The van der Waals surface area contributed by atoms with Crippen molar-refractivity contribution in [3.63, 3.8) is 0 Å². The first-order chi connectivity index (χ1) is 14.4. The highest BCUT2D eigenvalue weighted by molar-refractivity contribution is 5.94. The topological polar surface area (TPSA) is 101 Å². The van der Waals surface area contributed by atoms with Crippen LogP contribution in [-0.2, 0) is 33.3 Å². The SMILES string of the molecule is C.CC(=O)C1=CO[C@]2(O)OCC3=CC[C@H]1[C@@H]32.COC(=O)C1=CO[C@H]2OCC3=CC[C@H]1[C@@H]32. The first-order valence-electron chi connectivity index (χ1n) is 10.1. The predicted molar refractivity (Wildman–Crippen MR) is 108 cm³/mol. The zero-order valence-electron chi connectivity index (χ0n) is 16.8. The van der Waals surface area contributed by atoms with E-state index in [4.69, 9.17) is 23.7 Å². The number of aliphatic hydroxyl groups is 1. The van der Waals surface area contributed by atoms with Gasteiger partial charge in [0.05, 0.1) is 50.3 Å². The van der Waals surface area contributed by atoms with Gasteiger partial charge in [-0.1, -0.05) is 19.6 Å². The maximum Gasteiger partial charge on any atom is 0.337 e. The molecule has 31 heavy (non-hydrogen) atoms. The summed E-state index contributed by atoms with van der Waals surface area (Å²) in [5, 5.41) is 10.1. The van der Waals surface area contributed by atoms with Crippen molar-refractivity contribution in [1.82, 2.24) is 0 Å². The maximum absolute atomic E-state index is 11.5. The van der Waals surface area contributed by atoms with E-state index in [1.807, 2.05) is 6.08 Å². The first kappa shape index (κ1) is 21.8. The second-order valence-corrected chi connectivity index (χ2v) is 8.29. The molecule has 6 rings (SSSR count). The van der Waals surface area contributed by atoms with E-state index in [1.54, 1.807) is 0 Å². The molecule has 6 atom stereocenters. The van der Waals surface area contributed by atoms with E-state index >= 15 is 0 Å². The molecule has 0 unspecified atom stereocenters. The summed E-state index contributed by atoms with van der Waals surface area (Å²) in [6.45, 7) is 2.55. The standard InChI is InChI=1S/2C11H12O4.CH4/c1-13-10(12)8-5-15-11-9-6(4-14-11)2-3-7(8)9;1-6(12)9-5-15-11(13)10-7(4-14-11)2-3-8(9)10;/h2,5,7,9,11H,3-4H2,1H3;2,5,8,10,13H,3-4H2,1H3;1H4/t7-,9-,11-;8-,10-,11-;/m11./s1. The van der Waals surface area contributed by atoms with Crippen molar-refractivity contribution < 1.29 is 38.4 Å². The zero-order valence-corrected chi connectivity index (χ0v) is 16.8. The highest BCUT2D eigenvalue weighted by Gasteiger charge is 2.57. The average molecular weight is 432 g/mol. The number of allylic oxidation sites excluding steroid dienone is 3. The summed E-state index contributed by atoms with van der Waals surface area (Å²) >= 11 is 0. The fraction of sp³-hybridized carbons (Fsp3) is 0.565. The van der Waals surface area contributed by atoms with Crippen LogP contribution >= 0.6 is 0 Å². The number of esters is 1. The van der Waals surface area contributed by atoms with Gasteiger partial charge >= 0.3 is 11.9 Å². The smallest absolute Gasteiger partial charge is 0.337 e. The van der Waals surface area contributed by atoms with Crippen LogP contribution in [0.25, 0.3) is 0 Å². The molecule has 0 amide bonds. The van der Waals surface area contributed by atoms with E-state index in [0.29, 0.717) is 24.4 Å². The summed E-state index contributed by atoms with van der Waals surface area (Å²) in [6, 6.07) is 0. The van der Waals surface area contributed by atoms with Crippen molar-refractivity contribution >= 4 is 11.8 Å². The fourth-order valence-corrected chi connectivity index (χ4v) is 5.32. The highest BCUT2D eigenvalue weighted by Crippen LogP contribution is 2.51. The Hall–Kier alpha value is -2.42. The number of hydrogen-bond donors (Lipinski definition) is 1. The number of hydrogen-bond acceptors (Lipinski definition) is 8. The third kappa shape index (κ3) is 3.33. The van der Waals surface area contributed by atoms with Crippen molar-refractivity contribution in [2.45, 2.75) is 39.5 Å². The van der Waals surface area contributed by atoms with Gasteiger partial charge in [0.1, 0.15) is 0 Å². The summed E-state index contributed by atoms with van der Waals surface area (Å²) in [6.07, 6.45) is 8.53. The van der Waals surface area contributed by atoms with Gasteiger partial charge in [0.15, 0.2) is 5.78 Å². The van der Waals surface area contributed by atoms with Gasteiger partial charge in [0.2, 0.25) is 6.29 Å². The molecule has 8 nitrogen and oxygen atoms in total. The van der Waals surface area contributed by atoms with Gasteiger partial charge in [-0.2, -0.15) is 0 Å². The average Bonchev–Trinajstić information content (AvgIpc) is 3.50. The Morgan fingerprint density at radius 2 is 1.84 bits per heavy atom. The van der Waals surface area contributed by atoms with Gasteiger partial charge < -0.3 is 28.8 Å². The number of carbonyl (C=O) groups is 2. The molecule has 1 N–H and O–H groups in total. The van der Waals surface area contributed by atoms with Gasteiger partial charge in [-0.05, 0) is 30.9 Å². The molecule has 2 saturated heterocycles. The van der Waals surface area contributed by atoms with Crippen LogP contribution in [0.4, 0.5) is 0 Å². The third-order valence-electron chi connectivity index (χ3n) is 6.79. The number of Topliss-reactive ketones (excluding diaryl/α,β-unsaturated/α-hetero) is 1. The molecule has 0 radical (unpaired) electrons. The Balaban J connectivity index is 0.000000144. The molecule has 8 heteroatoms. The largest absolute Gasteiger partial charge is 0.471 e. The van der Waals surface area contributed by atoms with E-state index in [9.17, 15) is 14.7 Å². The van der Waals surface area contributed by atoms with Crippen LogP contribution in [0, 0.1) is 23.7 Å². The second kappa shape index (κ2) is 7.93. The second-order valence-electron chi connectivity index (χ2n) is 8.29. The summed E-state index contributed by atoms with van der Waals surface area (Å²) in [7, 11) is 1.39. The van der Waals surface area contributed by atoms with Crippen molar-refractivity contribution in [3.8, 4) is 0 Å². The predicted octanol–water partition coefficient (Wildman–Crippen LogP) is 2.36. The number of ether oxygens (including phenoxy) is 5. The Morgan fingerprint density at radius 3 is 2.58 bits per heavy atom. The van der Waals surface area contributed by atoms with E-state index in [0.717, 1.165) is 18.4 Å². The van der Waals surface area contributed by atoms with Crippen LogP contribution < -0.4 is 0 Å². The molecule has 0 saturated carbocycles. The molecule has 0 spiro atoms. The molecule has 2 aliphatic carbocycles. The molecular weight excluding hydrogens is 404 g/mol. The van der Waals surface area contributed by atoms with Gasteiger partial charge in [-0.3, -0.25) is 4.79 Å². The lowest BCUT2D eigenvalue weighted by Crippen LogP contribution is -2.44. The van der Waals surface area contributed by atoms with Crippen molar-refractivity contribution in [3.05, 3.63) is 47.0 Å². The lowest BCUT2D eigenvalue weighted by molar-refractivity contribution is -0.345. The minimum atomic E-state index is -1.54. The summed E-state index contributed by atoms with van der Waals surface area (Å²) in [5.41, 5.74) is 3.60. The minimum absolute atomic E-state index is 0. The van der Waals surface area contributed by atoms with Crippen LogP contribution in [0.2, 0.25) is 0 Å². The number of rotatable bonds is 2. The third-order valence-corrected chi connectivity index (χ3v) is 6.79. The number of ketones is 1. The van der Waals surface area contributed by atoms with Crippen molar-refractivity contribution in [1.29, 1.82) is 0 Å². The van der Waals surface area contributed by atoms with Gasteiger partial charge in [0, 0.05) is 17.4 Å². The van der Waals surface area contributed by atoms with Crippen LogP contribution in [0.3, 0.4) is 0 Å². The molecule has 168 valence electrons. The van der Waals surface area contributed by atoms with Crippen LogP contribution in [0.1, 0.15) is 27.2 Å². The Bertz CT molecular complexity index is 913. The minimum Gasteiger partial charge on any atom is -0.471 e. The first-order valence-corrected chi connectivity index (χ1v) is 10.1. The number of methoxy groups -OCH3 is 1. The Kier molecular flexibility index (Phi) is 5.57. The van der Waals surface area contributed by atoms with Crippen LogP contribution in [0.15, 0.2) is 47.0 Å². The summed E-state index contributed by atoms with van der Waals surface area (Å²) in [4.78, 5) is 22.9. The fourth-order valence-electron chi connectivity index (χ4n) is 5.32. The zero-order chi connectivity index (χ0) is 21.0. The quantitative estimate of drug-likeness (QED) is 0.524. The van der Waals surface area contributed by atoms with Gasteiger partial charge in [0.25, 0.3) is 0 Å². The van der Waals surface area contributed by atoms with Crippen LogP contribution in [0.5, 0.6) is 0 Å². The van der Waals surface area contributed by atoms with Crippen molar-refractivity contribution in [2.24, 2.45) is 23.7 Å². The molecule has 4 aliphatic heterocycles. The lowest BCUT2D eigenvalue weighted by Gasteiger charge is -2.35. The lowest BCUT2D eigenvalue weighted by atomic mass is 9.82. The Labute approximate surface area is 181 Å². The molecule has 4 heterocycles. The molecule has 2 fully saturated rings. The maximum atomic E-state index is 11.5. The van der Waals surface area contributed by atoms with Gasteiger partial charge in [-0.25, -0.2) is 4.79 Å². The monoisotopic (exact) mass is 432 g/mol. The molecular formula is C23H28O8. The molecule has 6 aliphatic rings. The number of carbonyl (C=O) groups excluding carboxylic acids is 2. The summed E-state index contributed by atoms with van der Waals surface area (Å²) in [5.74, 6) is -1.58. The molecule has 0 aromatic carbocycles. The van der Waals surface area contributed by atoms with Gasteiger partial charge in [-0.15, -0.1) is 0 Å². The van der Waals surface area contributed by atoms with E-state index in [2.05, 4.69) is 6.08 Å². The van der Waals surface area contributed by atoms with E-state index < -0.39 is 5.97 Å².